The molecule has 1 aromatic carbocycles. The first-order valence-corrected chi connectivity index (χ1v) is 7.28. The Morgan fingerprint density at radius 3 is 2.70 bits per heavy atom. The van der Waals surface area contributed by atoms with Crippen LogP contribution in [-0.4, -0.2) is 22.2 Å². The van der Waals surface area contributed by atoms with Gasteiger partial charge in [-0.1, -0.05) is 31.7 Å². The zero-order valence-electron chi connectivity index (χ0n) is 11.6. The SMILES string of the molecule is Nc1cccc2oc(NCC3(O)CCCCCC3)nc12. The molecule has 0 spiro atoms. The molecule has 0 saturated heterocycles. The average molecular weight is 275 g/mol. The number of oxazole rings is 1. The second-order valence-corrected chi connectivity index (χ2v) is 5.71. The minimum absolute atomic E-state index is 0.426. The van der Waals surface area contributed by atoms with Gasteiger partial charge in [0.25, 0.3) is 6.01 Å². The smallest absolute Gasteiger partial charge is 0.295 e. The van der Waals surface area contributed by atoms with Gasteiger partial charge < -0.3 is 20.6 Å². The number of nitrogen functional groups attached to an aromatic ring is 1. The molecule has 1 fully saturated rings. The summed E-state index contributed by atoms with van der Waals surface area (Å²) in [5.74, 6) is 0. The first kappa shape index (κ1) is 13.2. The molecule has 1 aromatic heterocycles. The van der Waals surface area contributed by atoms with Crippen LogP contribution in [0.3, 0.4) is 0 Å². The third kappa shape index (κ3) is 2.72. The molecule has 5 heteroatoms. The second kappa shape index (κ2) is 5.32. The molecule has 1 heterocycles. The molecule has 1 aliphatic rings. The van der Waals surface area contributed by atoms with Crippen molar-refractivity contribution in [1.82, 2.24) is 4.98 Å². The molecule has 3 rings (SSSR count). The summed E-state index contributed by atoms with van der Waals surface area (Å²) in [4.78, 5) is 4.34. The van der Waals surface area contributed by atoms with Crippen molar-refractivity contribution in [3.63, 3.8) is 0 Å². The lowest BCUT2D eigenvalue weighted by Gasteiger charge is -2.26. The summed E-state index contributed by atoms with van der Waals surface area (Å²) >= 11 is 0. The number of nitrogens with zero attached hydrogens (tertiary/aromatic N) is 1. The Labute approximate surface area is 118 Å². The van der Waals surface area contributed by atoms with Gasteiger partial charge in [0.15, 0.2) is 5.58 Å². The van der Waals surface area contributed by atoms with Crippen molar-refractivity contribution in [2.75, 3.05) is 17.6 Å². The number of benzene rings is 1. The van der Waals surface area contributed by atoms with Crippen LogP contribution in [0, 0.1) is 0 Å². The van der Waals surface area contributed by atoms with Gasteiger partial charge in [-0.3, -0.25) is 0 Å². The molecule has 0 bridgehead atoms. The predicted octanol–water partition coefficient (Wildman–Crippen LogP) is 2.91. The largest absolute Gasteiger partial charge is 0.423 e. The molecule has 0 amide bonds. The topological polar surface area (TPSA) is 84.3 Å². The Morgan fingerprint density at radius 2 is 2.00 bits per heavy atom. The summed E-state index contributed by atoms with van der Waals surface area (Å²) in [6.07, 6.45) is 6.26. The van der Waals surface area contributed by atoms with E-state index in [1.807, 2.05) is 12.1 Å². The number of aliphatic hydroxyl groups is 1. The highest BCUT2D eigenvalue weighted by molar-refractivity contribution is 5.86. The van der Waals surface area contributed by atoms with E-state index in [0.29, 0.717) is 29.3 Å². The number of rotatable bonds is 3. The van der Waals surface area contributed by atoms with Crippen molar-refractivity contribution in [2.45, 2.75) is 44.1 Å². The fourth-order valence-electron chi connectivity index (χ4n) is 2.85. The van der Waals surface area contributed by atoms with Gasteiger partial charge in [-0.15, -0.1) is 0 Å². The van der Waals surface area contributed by atoms with Crippen molar-refractivity contribution in [1.29, 1.82) is 0 Å². The van der Waals surface area contributed by atoms with Gasteiger partial charge in [0.2, 0.25) is 0 Å². The minimum atomic E-state index is -0.650. The first-order chi connectivity index (χ1) is 9.66. The molecular weight excluding hydrogens is 254 g/mol. The Morgan fingerprint density at radius 1 is 1.25 bits per heavy atom. The zero-order valence-corrected chi connectivity index (χ0v) is 11.6. The van der Waals surface area contributed by atoms with Gasteiger partial charge in [0.05, 0.1) is 11.3 Å². The van der Waals surface area contributed by atoms with Gasteiger partial charge in [-0.2, -0.15) is 4.98 Å². The number of nitrogens with one attached hydrogen (secondary N) is 1. The highest BCUT2D eigenvalue weighted by Crippen LogP contribution is 2.28. The van der Waals surface area contributed by atoms with Crippen molar-refractivity contribution in [2.24, 2.45) is 0 Å². The van der Waals surface area contributed by atoms with E-state index < -0.39 is 5.60 Å². The molecule has 1 aliphatic carbocycles. The summed E-state index contributed by atoms with van der Waals surface area (Å²) in [5.41, 5.74) is 7.15. The molecule has 1 saturated carbocycles. The Hall–Kier alpha value is -1.75. The molecule has 0 unspecified atom stereocenters. The number of hydrogen-bond acceptors (Lipinski definition) is 5. The second-order valence-electron chi connectivity index (χ2n) is 5.71. The summed E-state index contributed by atoms with van der Waals surface area (Å²) in [7, 11) is 0. The van der Waals surface area contributed by atoms with Crippen LogP contribution in [0.15, 0.2) is 22.6 Å². The molecule has 108 valence electrons. The monoisotopic (exact) mass is 275 g/mol. The molecule has 20 heavy (non-hydrogen) atoms. The molecule has 0 aliphatic heterocycles. The van der Waals surface area contributed by atoms with Crippen molar-refractivity contribution in [3.8, 4) is 0 Å². The van der Waals surface area contributed by atoms with E-state index in [1.54, 1.807) is 6.07 Å². The van der Waals surface area contributed by atoms with Crippen molar-refractivity contribution >= 4 is 22.8 Å². The quantitative estimate of drug-likeness (QED) is 0.592. The van der Waals surface area contributed by atoms with Crippen LogP contribution < -0.4 is 11.1 Å². The lowest BCUT2D eigenvalue weighted by molar-refractivity contribution is 0.0376. The summed E-state index contributed by atoms with van der Waals surface area (Å²) in [5, 5.41) is 13.7. The standard InChI is InChI=1S/C15H21N3O2/c16-11-6-5-7-12-13(11)18-14(20-12)17-10-15(19)8-3-1-2-4-9-15/h5-7,19H,1-4,8-10,16H2,(H,17,18). The van der Waals surface area contributed by atoms with E-state index in [0.717, 1.165) is 25.7 Å². The van der Waals surface area contributed by atoms with E-state index in [1.165, 1.54) is 12.8 Å². The summed E-state index contributed by atoms with van der Waals surface area (Å²) < 4.78 is 5.60. The molecule has 2 aromatic rings. The van der Waals surface area contributed by atoms with Gasteiger partial charge in [0.1, 0.15) is 5.52 Å². The highest BCUT2D eigenvalue weighted by Gasteiger charge is 2.28. The third-order valence-electron chi connectivity index (χ3n) is 4.05. The van der Waals surface area contributed by atoms with Crippen molar-refractivity contribution < 1.29 is 9.52 Å². The maximum atomic E-state index is 10.6. The number of aromatic nitrogens is 1. The number of nitrogens with two attached hydrogens (primary N) is 1. The lowest BCUT2D eigenvalue weighted by Crippen LogP contribution is -2.36. The highest BCUT2D eigenvalue weighted by atomic mass is 16.4. The van der Waals surface area contributed by atoms with E-state index in [-0.39, 0.29) is 0 Å². The zero-order chi connectivity index (χ0) is 14.0. The van der Waals surface area contributed by atoms with Crippen LogP contribution in [0.4, 0.5) is 11.7 Å². The fourth-order valence-corrected chi connectivity index (χ4v) is 2.85. The Bertz CT molecular complexity index is 586. The first-order valence-electron chi connectivity index (χ1n) is 7.28. The van der Waals surface area contributed by atoms with Crippen LogP contribution >= 0.6 is 0 Å². The summed E-state index contributed by atoms with van der Waals surface area (Å²) in [6.45, 7) is 0.472. The number of hydrogen-bond donors (Lipinski definition) is 3. The van der Waals surface area contributed by atoms with Crippen LogP contribution in [0.1, 0.15) is 38.5 Å². The van der Waals surface area contributed by atoms with Crippen LogP contribution in [0.25, 0.3) is 11.1 Å². The molecule has 0 radical (unpaired) electrons. The predicted molar refractivity (Wildman–Crippen MR) is 79.6 cm³/mol. The molecule has 0 atom stereocenters. The van der Waals surface area contributed by atoms with Gasteiger partial charge >= 0.3 is 0 Å². The van der Waals surface area contributed by atoms with Gasteiger partial charge in [-0.05, 0) is 25.0 Å². The number of anilines is 2. The summed E-state index contributed by atoms with van der Waals surface area (Å²) in [6, 6.07) is 5.90. The molecule has 5 nitrogen and oxygen atoms in total. The third-order valence-corrected chi connectivity index (χ3v) is 4.05. The number of para-hydroxylation sites is 1. The lowest BCUT2D eigenvalue weighted by atomic mass is 9.95. The van der Waals surface area contributed by atoms with Gasteiger partial charge in [0, 0.05) is 6.54 Å². The van der Waals surface area contributed by atoms with Crippen LogP contribution in [-0.2, 0) is 0 Å². The average Bonchev–Trinajstić information content (AvgIpc) is 2.74. The molecular formula is C15H21N3O2. The van der Waals surface area contributed by atoms with E-state index in [4.69, 9.17) is 10.2 Å². The number of fused-ring (bicyclic) bond motifs is 1. The minimum Gasteiger partial charge on any atom is -0.423 e. The van der Waals surface area contributed by atoms with E-state index in [2.05, 4.69) is 10.3 Å². The van der Waals surface area contributed by atoms with Crippen LogP contribution in [0.2, 0.25) is 0 Å². The van der Waals surface area contributed by atoms with Gasteiger partial charge in [-0.25, -0.2) is 0 Å². The van der Waals surface area contributed by atoms with E-state index >= 15 is 0 Å². The normalized spacial score (nSPS) is 18.9. The maximum Gasteiger partial charge on any atom is 0.295 e. The van der Waals surface area contributed by atoms with Crippen molar-refractivity contribution in [3.05, 3.63) is 18.2 Å². The Balaban J connectivity index is 1.71. The Kier molecular flexibility index (Phi) is 3.53. The molecule has 4 N–H and O–H groups in total. The fraction of sp³-hybridized carbons (Fsp3) is 0.533. The van der Waals surface area contributed by atoms with Crippen LogP contribution in [0.5, 0.6) is 0 Å². The maximum absolute atomic E-state index is 10.6. The van der Waals surface area contributed by atoms with E-state index in [9.17, 15) is 5.11 Å².